The number of nitrogens with one attached hydrogen (secondary N) is 1. The van der Waals surface area contributed by atoms with Crippen LogP contribution in [-0.2, 0) is 6.18 Å². The summed E-state index contributed by atoms with van der Waals surface area (Å²) in [4.78, 5) is 12.8. The van der Waals surface area contributed by atoms with Crippen LogP contribution in [0, 0.1) is 0 Å². The summed E-state index contributed by atoms with van der Waals surface area (Å²) in [6.45, 7) is 8.90. The van der Waals surface area contributed by atoms with Crippen molar-refractivity contribution in [1.29, 1.82) is 0 Å². The van der Waals surface area contributed by atoms with Crippen molar-refractivity contribution in [2.24, 2.45) is 0 Å². The highest BCUT2D eigenvalue weighted by atomic mass is 19.4. The van der Waals surface area contributed by atoms with Crippen LogP contribution in [0.3, 0.4) is 0 Å². The van der Waals surface area contributed by atoms with Gasteiger partial charge in [0.05, 0.1) is 5.56 Å². The molecule has 4 rings (SSSR count). The first kappa shape index (κ1) is 20.4. The number of anilines is 1. The molecule has 1 atom stereocenters. The minimum absolute atomic E-state index is 0.0724. The molecule has 1 aliphatic carbocycles. The molecule has 1 fully saturated rings. The number of halogens is 4. The summed E-state index contributed by atoms with van der Waals surface area (Å²) in [5.74, 6) is 0.133. The second kappa shape index (κ2) is 7.41. The van der Waals surface area contributed by atoms with Gasteiger partial charge in [-0.15, -0.1) is 0 Å². The zero-order chi connectivity index (χ0) is 21.6. The molecule has 8 heteroatoms. The Hall–Kier alpha value is -2.90. The third kappa shape index (κ3) is 3.55. The van der Waals surface area contributed by atoms with E-state index in [-0.39, 0.29) is 17.7 Å². The minimum atomic E-state index is -4.48. The summed E-state index contributed by atoms with van der Waals surface area (Å²) in [6.07, 6.45) is -0.159. The fourth-order valence-electron chi connectivity index (χ4n) is 4.17. The molecule has 0 amide bonds. The lowest BCUT2D eigenvalue weighted by molar-refractivity contribution is -0.138. The molecule has 1 aliphatic heterocycles. The van der Waals surface area contributed by atoms with E-state index < -0.39 is 11.7 Å². The predicted octanol–water partition coefficient (Wildman–Crippen LogP) is 5.79. The summed E-state index contributed by atoms with van der Waals surface area (Å²) in [6, 6.07) is 1.88. The van der Waals surface area contributed by atoms with E-state index in [1.165, 1.54) is 0 Å². The Kier molecular flexibility index (Phi) is 5.03. The smallest absolute Gasteiger partial charge is 0.364 e. The highest BCUT2D eigenvalue weighted by Crippen LogP contribution is 2.43. The van der Waals surface area contributed by atoms with Gasteiger partial charge in [0.2, 0.25) is 5.95 Å². The molecule has 0 saturated carbocycles. The van der Waals surface area contributed by atoms with Gasteiger partial charge in [0.25, 0.3) is 0 Å². The number of H-pyrrole nitrogens is 1. The summed E-state index contributed by atoms with van der Waals surface area (Å²) >= 11 is 0. The van der Waals surface area contributed by atoms with Gasteiger partial charge >= 0.3 is 6.18 Å². The second-order valence-corrected chi connectivity index (χ2v) is 7.84. The molecule has 2 aromatic rings. The molecule has 2 aromatic heterocycles. The molecule has 30 heavy (non-hydrogen) atoms. The molecule has 1 unspecified atom stereocenters. The third-order valence-electron chi connectivity index (χ3n) is 5.83. The maximum atomic E-state index is 15.0. The molecular weight excluding hydrogens is 396 g/mol. The Morgan fingerprint density at radius 2 is 1.97 bits per heavy atom. The molecule has 4 nitrogen and oxygen atoms in total. The zero-order valence-electron chi connectivity index (χ0n) is 16.8. The molecule has 1 N–H and O–H groups in total. The van der Waals surface area contributed by atoms with Crippen molar-refractivity contribution in [3.8, 4) is 0 Å². The number of nitrogens with zero attached hydrogens (tertiary/aromatic N) is 3. The van der Waals surface area contributed by atoms with Gasteiger partial charge in [-0.05, 0) is 36.1 Å². The lowest BCUT2D eigenvalue weighted by atomic mass is 9.82. The normalized spacial score (nSPS) is 21.7. The number of fused-ring (bicyclic) bond motifs is 1. The van der Waals surface area contributed by atoms with E-state index in [2.05, 4.69) is 21.5 Å². The van der Waals surface area contributed by atoms with E-state index in [9.17, 15) is 13.2 Å². The first-order chi connectivity index (χ1) is 14.2. The van der Waals surface area contributed by atoms with Gasteiger partial charge in [-0.1, -0.05) is 13.5 Å². The lowest BCUT2D eigenvalue weighted by Crippen LogP contribution is -2.34. The molecular formula is C22H22F4N4. The van der Waals surface area contributed by atoms with Crippen LogP contribution in [0.2, 0.25) is 0 Å². The number of hydrogen-bond donors (Lipinski definition) is 1. The fourth-order valence-corrected chi connectivity index (χ4v) is 4.17. The topological polar surface area (TPSA) is 44.8 Å². The van der Waals surface area contributed by atoms with Gasteiger partial charge < -0.3 is 9.88 Å². The van der Waals surface area contributed by atoms with E-state index >= 15 is 4.39 Å². The predicted molar refractivity (Wildman–Crippen MR) is 108 cm³/mol. The van der Waals surface area contributed by atoms with Crippen LogP contribution in [0.4, 0.5) is 23.5 Å². The number of allylic oxidation sites excluding steroid dienone is 3. The molecule has 3 heterocycles. The summed E-state index contributed by atoms with van der Waals surface area (Å²) < 4.78 is 53.4. The van der Waals surface area contributed by atoms with Crippen molar-refractivity contribution in [1.82, 2.24) is 15.0 Å². The molecule has 0 aromatic carbocycles. The molecule has 0 spiro atoms. The maximum Gasteiger partial charge on any atom is 0.419 e. The highest BCUT2D eigenvalue weighted by molar-refractivity contribution is 5.84. The minimum Gasteiger partial charge on any atom is -0.364 e. The average molecular weight is 418 g/mol. The van der Waals surface area contributed by atoms with Crippen molar-refractivity contribution in [2.45, 2.75) is 38.8 Å². The Balaban J connectivity index is 1.68. The SMILES string of the molecule is C=C1CCN(c2ncc(C(F)(F)F)cn2)C/C1=C(/C)C1=C(F)CC(C)c2[nH]ccc21. The molecule has 0 bridgehead atoms. The van der Waals surface area contributed by atoms with Gasteiger partial charge in [-0.25, -0.2) is 14.4 Å². The Labute approximate surface area is 172 Å². The number of hydrogen-bond acceptors (Lipinski definition) is 3. The standard InChI is InChI=1S/C22H22F4N4/c1-12-5-7-30(21-28-9-15(10-29-21)22(24,25)26)11-17(12)14(3)19-16-4-6-27-20(16)13(2)8-18(19)23/h4,6,9-10,13,27H,1,5,7-8,11H2,2-3H3/b17-14+. The molecule has 158 valence electrons. The number of alkyl halides is 3. The van der Waals surface area contributed by atoms with Crippen molar-refractivity contribution in [3.05, 3.63) is 70.6 Å². The molecule has 0 radical (unpaired) electrons. The lowest BCUT2D eigenvalue weighted by Gasteiger charge is -2.32. The van der Waals surface area contributed by atoms with Crippen molar-refractivity contribution < 1.29 is 17.6 Å². The van der Waals surface area contributed by atoms with Gasteiger partial charge in [0.15, 0.2) is 0 Å². The average Bonchev–Trinajstić information content (AvgIpc) is 3.17. The van der Waals surface area contributed by atoms with Crippen molar-refractivity contribution in [2.75, 3.05) is 18.0 Å². The summed E-state index contributed by atoms with van der Waals surface area (Å²) in [5, 5.41) is 0. The maximum absolute atomic E-state index is 15.0. The van der Waals surface area contributed by atoms with E-state index in [1.54, 1.807) is 4.90 Å². The van der Waals surface area contributed by atoms with Gasteiger partial charge in [0.1, 0.15) is 5.83 Å². The van der Waals surface area contributed by atoms with E-state index in [4.69, 9.17) is 0 Å². The molecule has 2 aliphatic rings. The zero-order valence-corrected chi connectivity index (χ0v) is 16.8. The van der Waals surface area contributed by atoms with Crippen LogP contribution < -0.4 is 4.90 Å². The number of piperidine rings is 1. The monoisotopic (exact) mass is 418 g/mol. The Bertz CT molecular complexity index is 1040. The quantitative estimate of drug-likeness (QED) is 0.628. The second-order valence-electron chi connectivity index (χ2n) is 7.84. The van der Waals surface area contributed by atoms with Crippen molar-refractivity contribution >= 4 is 11.5 Å². The summed E-state index contributed by atoms with van der Waals surface area (Å²) in [7, 11) is 0. The van der Waals surface area contributed by atoms with Crippen LogP contribution in [0.15, 0.2) is 53.8 Å². The summed E-state index contributed by atoms with van der Waals surface area (Å²) in [5.41, 5.74) is 4.12. The molecule has 1 saturated heterocycles. The number of rotatable bonds is 2. The van der Waals surface area contributed by atoms with Crippen LogP contribution in [0.1, 0.15) is 49.4 Å². The number of aromatic nitrogens is 3. The number of aromatic amines is 1. The Morgan fingerprint density at radius 3 is 2.63 bits per heavy atom. The Morgan fingerprint density at radius 1 is 1.27 bits per heavy atom. The third-order valence-corrected chi connectivity index (χ3v) is 5.83. The van der Waals surface area contributed by atoms with Crippen molar-refractivity contribution in [3.63, 3.8) is 0 Å². The van der Waals surface area contributed by atoms with Crippen LogP contribution >= 0.6 is 0 Å². The first-order valence-electron chi connectivity index (χ1n) is 9.75. The van der Waals surface area contributed by atoms with Crippen LogP contribution in [-0.4, -0.2) is 28.0 Å². The fraction of sp³-hybridized carbons (Fsp3) is 0.364. The van der Waals surface area contributed by atoms with E-state index in [1.807, 2.05) is 26.1 Å². The van der Waals surface area contributed by atoms with Gasteiger partial charge in [-0.2, -0.15) is 13.2 Å². The highest BCUT2D eigenvalue weighted by Gasteiger charge is 2.32. The van der Waals surface area contributed by atoms with Gasteiger partial charge in [-0.3, -0.25) is 0 Å². The van der Waals surface area contributed by atoms with E-state index in [0.717, 1.165) is 40.4 Å². The largest absolute Gasteiger partial charge is 0.419 e. The van der Waals surface area contributed by atoms with Gasteiger partial charge in [0, 0.05) is 60.8 Å². The van der Waals surface area contributed by atoms with Crippen LogP contribution in [0.25, 0.3) is 5.57 Å². The first-order valence-corrected chi connectivity index (χ1v) is 9.75. The van der Waals surface area contributed by atoms with Crippen LogP contribution in [0.5, 0.6) is 0 Å². The van der Waals surface area contributed by atoms with E-state index in [0.29, 0.717) is 31.5 Å².